The van der Waals surface area contributed by atoms with Crippen molar-refractivity contribution in [3.05, 3.63) is 64.1 Å². The van der Waals surface area contributed by atoms with Crippen molar-refractivity contribution in [3.63, 3.8) is 0 Å². The third-order valence-corrected chi connectivity index (χ3v) is 4.73. The molecule has 4 nitrogen and oxygen atoms in total. The van der Waals surface area contributed by atoms with Gasteiger partial charge in [-0.2, -0.15) is 0 Å². The predicted octanol–water partition coefficient (Wildman–Crippen LogP) is 3.81. The monoisotopic (exact) mass is 338 g/mol. The quantitative estimate of drug-likeness (QED) is 0.581. The lowest BCUT2D eigenvalue weighted by Gasteiger charge is -2.21. The van der Waals surface area contributed by atoms with Crippen LogP contribution in [0.3, 0.4) is 0 Å². The minimum absolute atomic E-state index is 0.748. The third kappa shape index (κ3) is 3.92. The van der Waals surface area contributed by atoms with Crippen LogP contribution in [0.2, 0.25) is 0 Å². The van der Waals surface area contributed by atoms with Gasteiger partial charge < -0.3 is 10.2 Å². The number of nitrogens with one attached hydrogen (secondary N) is 1. The van der Waals surface area contributed by atoms with Gasteiger partial charge in [0.05, 0.1) is 17.2 Å². The van der Waals surface area contributed by atoms with E-state index in [1.807, 2.05) is 21.0 Å². The second kappa shape index (κ2) is 7.45. The zero-order valence-electron chi connectivity index (χ0n) is 14.3. The molecular weight excluding hydrogens is 316 g/mol. The van der Waals surface area contributed by atoms with Crippen LogP contribution in [0, 0.1) is 6.92 Å². The van der Waals surface area contributed by atoms with Crippen molar-refractivity contribution < 1.29 is 0 Å². The Morgan fingerprint density at radius 1 is 1.21 bits per heavy atom. The molecule has 24 heavy (non-hydrogen) atoms. The molecule has 0 fully saturated rings. The Morgan fingerprint density at radius 3 is 2.71 bits per heavy atom. The number of fused-ring (bicyclic) bond motifs is 1. The number of aliphatic imine (C=N–C) groups is 1. The lowest BCUT2D eigenvalue weighted by molar-refractivity contribution is 0.470. The zero-order chi connectivity index (χ0) is 16.9. The Balaban J connectivity index is 1.64. The lowest BCUT2D eigenvalue weighted by Crippen LogP contribution is -2.38. The van der Waals surface area contributed by atoms with E-state index in [0.717, 1.165) is 29.8 Å². The van der Waals surface area contributed by atoms with Gasteiger partial charge in [-0.15, -0.1) is 11.3 Å². The van der Waals surface area contributed by atoms with Gasteiger partial charge in [-0.3, -0.25) is 4.99 Å². The summed E-state index contributed by atoms with van der Waals surface area (Å²) in [6, 6.07) is 15.0. The SMILES string of the molecule is CN=C(NCc1ccc2ccccc2c1)N(C)Cc1csc(C)n1. The highest BCUT2D eigenvalue weighted by molar-refractivity contribution is 7.09. The molecule has 3 rings (SSSR count). The lowest BCUT2D eigenvalue weighted by atomic mass is 10.1. The highest BCUT2D eigenvalue weighted by Crippen LogP contribution is 2.15. The van der Waals surface area contributed by atoms with E-state index in [4.69, 9.17) is 0 Å². The Kier molecular flexibility index (Phi) is 5.11. The van der Waals surface area contributed by atoms with Crippen molar-refractivity contribution in [2.75, 3.05) is 14.1 Å². The van der Waals surface area contributed by atoms with Gasteiger partial charge in [0.15, 0.2) is 5.96 Å². The Hall–Kier alpha value is -2.40. The second-order valence-electron chi connectivity index (χ2n) is 5.80. The van der Waals surface area contributed by atoms with Gasteiger partial charge in [0.1, 0.15) is 0 Å². The van der Waals surface area contributed by atoms with Crippen LogP contribution >= 0.6 is 11.3 Å². The van der Waals surface area contributed by atoms with E-state index in [2.05, 4.69) is 68.0 Å². The number of aromatic nitrogens is 1. The fraction of sp³-hybridized carbons (Fsp3) is 0.263. The molecule has 0 spiro atoms. The van der Waals surface area contributed by atoms with Crippen molar-refractivity contribution in [2.24, 2.45) is 4.99 Å². The average molecular weight is 338 g/mol. The molecular formula is C19H22N4S. The second-order valence-corrected chi connectivity index (χ2v) is 6.86. The molecule has 0 unspecified atom stereocenters. The minimum Gasteiger partial charge on any atom is -0.352 e. The molecule has 1 N–H and O–H groups in total. The van der Waals surface area contributed by atoms with Crippen LogP contribution < -0.4 is 5.32 Å². The van der Waals surface area contributed by atoms with Crippen molar-refractivity contribution >= 4 is 28.1 Å². The summed E-state index contributed by atoms with van der Waals surface area (Å²) in [5.41, 5.74) is 2.32. The van der Waals surface area contributed by atoms with E-state index in [0.29, 0.717) is 0 Å². The highest BCUT2D eigenvalue weighted by atomic mass is 32.1. The molecule has 5 heteroatoms. The molecule has 0 saturated heterocycles. The van der Waals surface area contributed by atoms with E-state index in [-0.39, 0.29) is 0 Å². The number of benzene rings is 2. The Bertz CT molecular complexity index is 853. The van der Waals surface area contributed by atoms with Crippen LogP contribution in [-0.4, -0.2) is 29.9 Å². The van der Waals surface area contributed by atoms with Gasteiger partial charge in [0.2, 0.25) is 0 Å². The number of thiazole rings is 1. The van der Waals surface area contributed by atoms with Crippen molar-refractivity contribution in [2.45, 2.75) is 20.0 Å². The number of guanidine groups is 1. The molecule has 0 aliphatic heterocycles. The first-order chi connectivity index (χ1) is 11.7. The molecule has 0 bridgehead atoms. The molecule has 0 saturated carbocycles. The first kappa shape index (κ1) is 16.5. The molecule has 3 aromatic rings. The van der Waals surface area contributed by atoms with Crippen LogP contribution in [0.1, 0.15) is 16.3 Å². The summed E-state index contributed by atoms with van der Waals surface area (Å²) in [6.07, 6.45) is 0. The topological polar surface area (TPSA) is 40.5 Å². The molecule has 1 aromatic heterocycles. The van der Waals surface area contributed by atoms with E-state index in [1.54, 1.807) is 11.3 Å². The summed E-state index contributed by atoms with van der Waals surface area (Å²) in [6.45, 7) is 3.53. The molecule has 2 aromatic carbocycles. The summed E-state index contributed by atoms with van der Waals surface area (Å²) < 4.78 is 0. The molecule has 0 atom stereocenters. The summed E-state index contributed by atoms with van der Waals surface area (Å²) in [5.74, 6) is 0.869. The zero-order valence-corrected chi connectivity index (χ0v) is 15.1. The van der Waals surface area contributed by atoms with Crippen LogP contribution in [0.15, 0.2) is 52.8 Å². The van der Waals surface area contributed by atoms with Gasteiger partial charge in [0.25, 0.3) is 0 Å². The number of aryl methyl sites for hydroxylation is 1. The van der Waals surface area contributed by atoms with Crippen LogP contribution in [-0.2, 0) is 13.1 Å². The summed E-state index contributed by atoms with van der Waals surface area (Å²) >= 11 is 1.68. The average Bonchev–Trinajstić information content (AvgIpc) is 3.00. The normalized spacial score (nSPS) is 11.7. The number of hydrogen-bond donors (Lipinski definition) is 1. The van der Waals surface area contributed by atoms with Crippen LogP contribution in [0.5, 0.6) is 0 Å². The maximum Gasteiger partial charge on any atom is 0.194 e. The third-order valence-electron chi connectivity index (χ3n) is 3.90. The summed E-state index contributed by atoms with van der Waals surface area (Å²) in [7, 11) is 3.84. The van der Waals surface area contributed by atoms with E-state index >= 15 is 0 Å². The maximum atomic E-state index is 4.51. The summed E-state index contributed by atoms with van der Waals surface area (Å²) in [4.78, 5) is 11.0. The molecule has 124 valence electrons. The molecule has 1 heterocycles. The molecule has 0 aliphatic carbocycles. The Morgan fingerprint density at radius 2 is 2.00 bits per heavy atom. The van der Waals surface area contributed by atoms with Crippen molar-refractivity contribution in [3.8, 4) is 0 Å². The maximum absolute atomic E-state index is 4.51. The van der Waals surface area contributed by atoms with Crippen molar-refractivity contribution in [1.82, 2.24) is 15.2 Å². The predicted molar refractivity (Wildman–Crippen MR) is 102 cm³/mol. The van der Waals surface area contributed by atoms with Gasteiger partial charge in [-0.05, 0) is 29.3 Å². The van der Waals surface area contributed by atoms with Gasteiger partial charge >= 0.3 is 0 Å². The molecule has 0 aliphatic rings. The van der Waals surface area contributed by atoms with Gasteiger partial charge in [-0.1, -0.05) is 36.4 Å². The number of hydrogen-bond acceptors (Lipinski definition) is 3. The van der Waals surface area contributed by atoms with Crippen LogP contribution in [0.25, 0.3) is 10.8 Å². The fourth-order valence-corrected chi connectivity index (χ4v) is 3.32. The standard InChI is InChI=1S/C19H22N4S/c1-14-22-18(13-24-14)12-23(3)19(20-2)21-11-15-8-9-16-6-4-5-7-17(16)10-15/h4-10,13H,11-12H2,1-3H3,(H,20,21). The molecule has 0 amide bonds. The van der Waals surface area contributed by atoms with Crippen LogP contribution in [0.4, 0.5) is 0 Å². The fourth-order valence-electron chi connectivity index (χ4n) is 2.71. The number of nitrogens with zero attached hydrogens (tertiary/aromatic N) is 3. The smallest absolute Gasteiger partial charge is 0.194 e. The van der Waals surface area contributed by atoms with Gasteiger partial charge in [-0.25, -0.2) is 4.98 Å². The molecule has 0 radical (unpaired) electrons. The highest BCUT2D eigenvalue weighted by Gasteiger charge is 2.08. The van der Waals surface area contributed by atoms with E-state index in [9.17, 15) is 0 Å². The van der Waals surface area contributed by atoms with E-state index in [1.165, 1.54) is 16.3 Å². The van der Waals surface area contributed by atoms with Crippen molar-refractivity contribution in [1.29, 1.82) is 0 Å². The van der Waals surface area contributed by atoms with Gasteiger partial charge in [0, 0.05) is 26.0 Å². The first-order valence-corrected chi connectivity index (χ1v) is 8.84. The van der Waals surface area contributed by atoms with E-state index < -0.39 is 0 Å². The number of rotatable bonds is 4. The first-order valence-electron chi connectivity index (χ1n) is 7.96. The Labute approximate surface area is 146 Å². The minimum atomic E-state index is 0.748. The largest absolute Gasteiger partial charge is 0.352 e. The summed E-state index contributed by atoms with van der Waals surface area (Å²) in [5, 5.41) is 9.15.